The number of methoxy groups -OCH3 is 2. The lowest BCUT2D eigenvalue weighted by Gasteiger charge is -2.23. The van der Waals surface area contributed by atoms with Gasteiger partial charge in [0.1, 0.15) is 0 Å². The summed E-state index contributed by atoms with van der Waals surface area (Å²) in [5.41, 5.74) is -1.11. The quantitative estimate of drug-likeness (QED) is 0.353. The number of hydrogen-bond donors (Lipinski definition) is 0. The largest absolute Gasteiger partial charge is 0.468 e. The fourth-order valence-corrected chi connectivity index (χ4v) is 2.12. The Morgan fingerprint density at radius 3 is 1.93 bits per heavy atom. The molecule has 0 aromatic rings. The zero-order chi connectivity index (χ0) is 10.3. The molecule has 14 heavy (non-hydrogen) atoms. The summed E-state index contributed by atoms with van der Waals surface area (Å²) in [5.74, 6) is -1.03. The van der Waals surface area contributed by atoms with E-state index in [0.717, 1.165) is 0 Å². The van der Waals surface area contributed by atoms with Crippen LogP contribution in [0.15, 0.2) is 0 Å². The van der Waals surface area contributed by atoms with Gasteiger partial charge in [0.25, 0.3) is 0 Å². The summed E-state index contributed by atoms with van der Waals surface area (Å²) in [7, 11) is 2.55. The molecule has 0 aromatic heterocycles. The molecular formula is C9H12O5. The zero-order valence-electron chi connectivity index (χ0n) is 8.11. The molecule has 1 heterocycles. The molecule has 2 atom stereocenters. The van der Waals surface area contributed by atoms with E-state index in [0.29, 0.717) is 12.8 Å². The Morgan fingerprint density at radius 1 is 1.14 bits per heavy atom. The lowest BCUT2D eigenvalue weighted by molar-refractivity contribution is -0.170. The van der Waals surface area contributed by atoms with Gasteiger partial charge in [-0.1, -0.05) is 0 Å². The standard InChI is InChI=1S/C9H12O5/c1-12-7(10)9(8(11)13-2)3-5-6(4-9)14-5/h5-6H,3-4H2,1-2H3. The minimum absolute atomic E-state index is 0.0354. The topological polar surface area (TPSA) is 65.1 Å². The summed E-state index contributed by atoms with van der Waals surface area (Å²) in [6.07, 6.45) is 0.843. The monoisotopic (exact) mass is 200 g/mol. The highest BCUT2D eigenvalue weighted by Crippen LogP contribution is 2.51. The number of fused-ring (bicyclic) bond motifs is 1. The summed E-state index contributed by atoms with van der Waals surface area (Å²) in [5, 5.41) is 0. The first-order valence-electron chi connectivity index (χ1n) is 4.46. The molecule has 5 nitrogen and oxygen atoms in total. The SMILES string of the molecule is COC(=O)C1(C(=O)OC)CC2OC2C1. The lowest BCUT2D eigenvalue weighted by Crippen LogP contribution is -2.40. The molecule has 1 saturated carbocycles. The van der Waals surface area contributed by atoms with Crippen LogP contribution in [-0.4, -0.2) is 38.4 Å². The summed E-state index contributed by atoms with van der Waals surface area (Å²) in [6, 6.07) is 0. The van der Waals surface area contributed by atoms with Crippen molar-refractivity contribution in [1.82, 2.24) is 0 Å². The molecule has 0 radical (unpaired) electrons. The van der Waals surface area contributed by atoms with Crippen molar-refractivity contribution in [3.05, 3.63) is 0 Å². The van der Waals surface area contributed by atoms with E-state index in [4.69, 9.17) is 4.74 Å². The molecule has 1 aliphatic carbocycles. The molecule has 5 heteroatoms. The summed E-state index contributed by atoms with van der Waals surface area (Å²) < 4.78 is 14.4. The van der Waals surface area contributed by atoms with Gasteiger partial charge in [-0.05, 0) is 0 Å². The van der Waals surface area contributed by atoms with Gasteiger partial charge in [-0.15, -0.1) is 0 Å². The first-order valence-corrected chi connectivity index (χ1v) is 4.46. The van der Waals surface area contributed by atoms with Crippen LogP contribution in [-0.2, 0) is 23.8 Å². The van der Waals surface area contributed by atoms with Crippen LogP contribution in [0.3, 0.4) is 0 Å². The number of epoxide rings is 1. The van der Waals surface area contributed by atoms with E-state index in [9.17, 15) is 9.59 Å². The Kier molecular flexibility index (Phi) is 1.99. The molecular weight excluding hydrogens is 188 g/mol. The van der Waals surface area contributed by atoms with Crippen LogP contribution in [0, 0.1) is 5.41 Å². The van der Waals surface area contributed by atoms with Gasteiger partial charge >= 0.3 is 11.9 Å². The van der Waals surface area contributed by atoms with Gasteiger partial charge in [-0.25, -0.2) is 0 Å². The van der Waals surface area contributed by atoms with Gasteiger partial charge in [-0.3, -0.25) is 9.59 Å². The van der Waals surface area contributed by atoms with E-state index in [1.807, 2.05) is 0 Å². The average molecular weight is 200 g/mol. The molecule has 1 saturated heterocycles. The Morgan fingerprint density at radius 2 is 1.57 bits per heavy atom. The molecule has 0 aromatic carbocycles. The number of carbonyl (C=O) groups is 2. The minimum Gasteiger partial charge on any atom is -0.468 e. The minimum atomic E-state index is -1.11. The Bertz CT molecular complexity index is 257. The number of rotatable bonds is 2. The molecule has 2 rings (SSSR count). The fraction of sp³-hybridized carbons (Fsp3) is 0.778. The normalized spacial score (nSPS) is 31.9. The average Bonchev–Trinajstić information content (AvgIpc) is 2.83. The molecule has 2 fully saturated rings. The van der Waals surface area contributed by atoms with Crippen LogP contribution in [0.2, 0.25) is 0 Å². The molecule has 2 aliphatic rings. The zero-order valence-corrected chi connectivity index (χ0v) is 8.11. The second-order valence-electron chi connectivity index (χ2n) is 3.69. The highest BCUT2D eigenvalue weighted by atomic mass is 16.6. The van der Waals surface area contributed by atoms with Gasteiger partial charge in [0.15, 0.2) is 5.41 Å². The molecule has 2 unspecified atom stereocenters. The molecule has 0 N–H and O–H groups in total. The van der Waals surface area contributed by atoms with Gasteiger partial charge in [-0.2, -0.15) is 0 Å². The van der Waals surface area contributed by atoms with E-state index >= 15 is 0 Å². The summed E-state index contributed by atoms with van der Waals surface area (Å²) in [4.78, 5) is 23.0. The molecule has 0 bridgehead atoms. The van der Waals surface area contributed by atoms with Crippen LogP contribution in [0.4, 0.5) is 0 Å². The van der Waals surface area contributed by atoms with E-state index < -0.39 is 17.4 Å². The van der Waals surface area contributed by atoms with Crippen molar-refractivity contribution in [2.24, 2.45) is 5.41 Å². The van der Waals surface area contributed by atoms with Gasteiger partial charge in [0, 0.05) is 12.8 Å². The predicted octanol–water partition coefficient (Wildman–Crippen LogP) is -0.120. The molecule has 78 valence electrons. The number of hydrogen-bond acceptors (Lipinski definition) is 5. The number of esters is 2. The van der Waals surface area contributed by atoms with E-state index in [2.05, 4.69) is 9.47 Å². The van der Waals surface area contributed by atoms with Crippen molar-refractivity contribution >= 4 is 11.9 Å². The lowest BCUT2D eigenvalue weighted by atomic mass is 9.85. The number of carbonyl (C=O) groups excluding carboxylic acids is 2. The number of ether oxygens (including phenoxy) is 3. The Hall–Kier alpha value is -1.10. The summed E-state index contributed by atoms with van der Waals surface area (Å²) in [6.45, 7) is 0. The highest BCUT2D eigenvalue weighted by molar-refractivity contribution is 6.00. The van der Waals surface area contributed by atoms with Crippen LogP contribution in [0.5, 0.6) is 0 Å². The maximum Gasteiger partial charge on any atom is 0.323 e. The second-order valence-corrected chi connectivity index (χ2v) is 3.69. The van der Waals surface area contributed by atoms with Crippen molar-refractivity contribution in [3.63, 3.8) is 0 Å². The first kappa shape index (κ1) is 9.45. The Labute approximate surface area is 81.3 Å². The Balaban J connectivity index is 2.21. The maximum absolute atomic E-state index is 11.5. The highest BCUT2D eigenvalue weighted by Gasteiger charge is 2.64. The van der Waals surface area contributed by atoms with Crippen LogP contribution in [0.25, 0.3) is 0 Å². The van der Waals surface area contributed by atoms with Crippen LogP contribution in [0.1, 0.15) is 12.8 Å². The van der Waals surface area contributed by atoms with Crippen molar-refractivity contribution in [1.29, 1.82) is 0 Å². The third kappa shape index (κ3) is 1.12. The molecule has 1 aliphatic heterocycles. The van der Waals surface area contributed by atoms with Gasteiger partial charge < -0.3 is 14.2 Å². The van der Waals surface area contributed by atoms with Gasteiger partial charge in [0.2, 0.25) is 0 Å². The van der Waals surface area contributed by atoms with Crippen molar-refractivity contribution in [3.8, 4) is 0 Å². The summed E-state index contributed by atoms with van der Waals surface area (Å²) >= 11 is 0. The molecule has 0 amide bonds. The van der Waals surface area contributed by atoms with E-state index in [1.54, 1.807) is 0 Å². The third-order valence-electron chi connectivity index (χ3n) is 2.94. The van der Waals surface area contributed by atoms with Crippen molar-refractivity contribution in [2.75, 3.05) is 14.2 Å². The van der Waals surface area contributed by atoms with Crippen LogP contribution >= 0.6 is 0 Å². The van der Waals surface area contributed by atoms with Crippen molar-refractivity contribution in [2.45, 2.75) is 25.0 Å². The van der Waals surface area contributed by atoms with E-state index in [1.165, 1.54) is 14.2 Å². The van der Waals surface area contributed by atoms with Gasteiger partial charge in [0.05, 0.1) is 26.4 Å². The fourth-order valence-electron chi connectivity index (χ4n) is 2.12. The molecule has 0 spiro atoms. The van der Waals surface area contributed by atoms with Crippen LogP contribution < -0.4 is 0 Å². The predicted molar refractivity (Wildman–Crippen MR) is 44.4 cm³/mol. The maximum atomic E-state index is 11.5. The smallest absolute Gasteiger partial charge is 0.323 e. The first-order chi connectivity index (χ1) is 6.64. The third-order valence-corrected chi connectivity index (χ3v) is 2.94. The van der Waals surface area contributed by atoms with Crippen molar-refractivity contribution < 1.29 is 23.8 Å². The second kappa shape index (κ2) is 2.95. The van der Waals surface area contributed by atoms with E-state index in [-0.39, 0.29) is 12.2 Å².